The number of benzene rings is 3. The molecule has 4 aromatic rings. The summed E-state index contributed by atoms with van der Waals surface area (Å²) in [6, 6.07) is 21.0. The monoisotopic (exact) mass is 442 g/mol. The first-order valence-corrected chi connectivity index (χ1v) is 10.9. The normalized spacial score (nSPS) is 11.1. The number of hydrogen-bond acceptors (Lipinski definition) is 5. The Balaban J connectivity index is 1.43. The van der Waals surface area contributed by atoms with Gasteiger partial charge < -0.3 is 14.5 Å². The van der Waals surface area contributed by atoms with Gasteiger partial charge >= 0.3 is 0 Å². The van der Waals surface area contributed by atoms with Crippen molar-refractivity contribution in [3.63, 3.8) is 0 Å². The predicted molar refractivity (Wildman–Crippen MR) is 129 cm³/mol. The summed E-state index contributed by atoms with van der Waals surface area (Å²) in [4.78, 5) is 20.5. The average Bonchev–Trinajstić information content (AvgIpc) is 3.23. The number of imidazole rings is 1. The van der Waals surface area contributed by atoms with Crippen LogP contribution in [0.5, 0.6) is 11.5 Å². The Morgan fingerprint density at radius 1 is 1.00 bits per heavy atom. The third-order valence-corrected chi connectivity index (χ3v) is 4.95. The number of hydrazone groups is 1. The highest BCUT2D eigenvalue weighted by molar-refractivity contribution is 5.97. The number of ether oxygens (including phenoxy) is 2. The van der Waals surface area contributed by atoms with Crippen LogP contribution in [0.1, 0.15) is 41.2 Å². The van der Waals surface area contributed by atoms with Gasteiger partial charge in [0.15, 0.2) is 11.5 Å². The maximum atomic E-state index is 12.6. The van der Waals surface area contributed by atoms with Gasteiger partial charge in [0.25, 0.3) is 5.91 Å². The number of amides is 1. The lowest BCUT2D eigenvalue weighted by Gasteiger charge is -2.11. The van der Waals surface area contributed by atoms with E-state index in [0.29, 0.717) is 36.7 Å². The molecule has 7 nitrogen and oxygen atoms in total. The second-order valence-electron chi connectivity index (χ2n) is 7.35. The maximum absolute atomic E-state index is 12.6. The molecule has 0 aliphatic carbocycles. The third-order valence-electron chi connectivity index (χ3n) is 4.95. The van der Waals surface area contributed by atoms with Crippen LogP contribution in [0, 0.1) is 0 Å². The standard InChI is InChI=1S/C26H26N4O3/c1-3-32-23-13-10-19(14-24(23)33-4-2)17-27-30-26(31)20-11-12-21-22(16-20)29-25(28-21)15-18-8-6-5-7-9-18/h5-14,16-17H,3-4,15H2,1-2H3,(H,28,29)(H,30,31)/b27-17-. The van der Waals surface area contributed by atoms with Gasteiger partial charge in [-0.25, -0.2) is 10.4 Å². The van der Waals surface area contributed by atoms with E-state index in [1.165, 1.54) is 5.56 Å². The fraction of sp³-hybridized carbons (Fsp3) is 0.192. The van der Waals surface area contributed by atoms with Crippen LogP contribution in [0.2, 0.25) is 0 Å². The molecule has 0 fully saturated rings. The number of H-pyrrole nitrogens is 1. The molecule has 3 aromatic carbocycles. The van der Waals surface area contributed by atoms with Gasteiger partial charge in [0.2, 0.25) is 0 Å². The molecule has 0 spiro atoms. The zero-order chi connectivity index (χ0) is 23.0. The number of carbonyl (C=O) groups excluding carboxylic acids is 1. The second kappa shape index (κ2) is 10.5. The molecule has 0 saturated carbocycles. The van der Waals surface area contributed by atoms with E-state index < -0.39 is 0 Å². The molecule has 4 rings (SSSR count). The topological polar surface area (TPSA) is 88.6 Å². The largest absolute Gasteiger partial charge is 0.490 e. The van der Waals surface area contributed by atoms with E-state index in [1.54, 1.807) is 18.3 Å². The van der Waals surface area contributed by atoms with Crippen molar-refractivity contribution < 1.29 is 14.3 Å². The zero-order valence-electron chi connectivity index (χ0n) is 18.7. The van der Waals surface area contributed by atoms with Gasteiger partial charge in [-0.3, -0.25) is 4.79 Å². The summed E-state index contributed by atoms with van der Waals surface area (Å²) in [5, 5.41) is 4.09. The Kier molecular flexibility index (Phi) is 6.99. The molecule has 0 atom stereocenters. The summed E-state index contributed by atoms with van der Waals surface area (Å²) in [6.07, 6.45) is 2.27. The highest BCUT2D eigenvalue weighted by Gasteiger charge is 2.10. The van der Waals surface area contributed by atoms with E-state index in [9.17, 15) is 4.79 Å². The molecule has 1 amide bonds. The molecule has 0 aliphatic heterocycles. The first-order valence-electron chi connectivity index (χ1n) is 10.9. The summed E-state index contributed by atoms with van der Waals surface area (Å²) in [5.74, 6) is 1.88. The first kappa shape index (κ1) is 22.1. The van der Waals surface area contributed by atoms with Crippen molar-refractivity contribution in [2.24, 2.45) is 5.10 Å². The summed E-state index contributed by atoms with van der Waals surface area (Å²) < 4.78 is 11.2. The van der Waals surface area contributed by atoms with Crippen LogP contribution in [0.4, 0.5) is 0 Å². The minimum Gasteiger partial charge on any atom is -0.490 e. The molecule has 2 N–H and O–H groups in total. The van der Waals surface area contributed by atoms with E-state index in [2.05, 4.69) is 32.6 Å². The quantitative estimate of drug-likeness (QED) is 0.290. The molecule has 1 heterocycles. The number of nitrogens with one attached hydrogen (secondary N) is 2. The van der Waals surface area contributed by atoms with Crippen LogP contribution >= 0.6 is 0 Å². The molecule has 0 saturated heterocycles. The average molecular weight is 443 g/mol. The van der Waals surface area contributed by atoms with Gasteiger partial charge in [0.1, 0.15) is 5.82 Å². The Labute approximate surface area is 192 Å². The van der Waals surface area contributed by atoms with Crippen LogP contribution in [0.15, 0.2) is 71.8 Å². The van der Waals surface area contributed by atoms with E-state index in [-0.39, 0.29) is 5.91 Å². The molecule has 0 bridgehead atoms. The number of carbonyl (C=O) groups is 1. The Hall–Kier alpha value is -4.13. The maximum Gasteiger partial charge on any atom is 0.271 e. The second-order valence-corrected chi connectivity index (χ2v) is 7.35. The van der Waals surface area contributed by atoms with Crippen LogP contribution < -0.4 is 14.9 Å². The number of aromatic amines is 1. The summed E-state index contributed by atoms with van der Waals surface area (Å²) >= 11 is 0. The lowest BCUT2D eigenvalue weighted by Crippen LogP contribution is -2.17. The van der Waals surface area contributed by atoms with E-state index in [0.717, 1.165) is 22.4 Å². The molecule has 0 radical (unpaired) electrons. The number of hydrogen-bond donors (Lipinski definition) is 2. The molecule has 1 aromatic heterocycles. The molecular formula is C26H26N4O3. The van der Waals surface area contributed by atoms with Crippen LogP contribution in [-0.2, 0) is 6.42 Å². The SMILES string of the molecule is CCOc1ccc(/C=N\NC(=O)c2ccc3nc(Cc4ccccc4)[nH]c3c2)cc1OCC. The minimum atomic E-state index is -0.302. The molecule has 0 unspecified atom stereocenters. The lowest BCUT2D eigenvalue weighted by molar-refractivity contribution is 0.0955. The zero-order valence-corrected chi connectivity index (χ0v) is 18.7. The van der Waals surface area contributed by atoms with Crippen molar-refractivity contribution in [1.82, 2.24) is 15.4 Å². The summed E-state index contributed by atoms with van der Waals surface area (Å²) in [6.45, 7) is 4.92. The number of rotatable bonds is 9. The fourth-order valence-electron chi connectivity index (χ4n) is 3.45. The lowest BCUT2D eigenvalue weighted by atomic mass is 10.1. The highest BCUT2D eigenvalue weighted by Crippen LogP contribution is 2.28. The molecular weight excluding hydrogens is 416 g/mol. The van der Waals surface area contributed by atoms with Gasteiger partial charge in [0, 0.05) is 12.0 Å². The molecule has 168 valence electrons. The number of aromatic nitrogens is 2. The minimum absolute atomic E-state index is 0.302. The van der Waals surface area contributed by atoms with Gasteiger partial charge in [-0.05, 0) is 61.4 Å². The van der Waals surface area contributed by atoms with Crippen molar-refractivity contribution in [2.45, 2.75) is 20.3 Å². The summed E-state index contributed by atoms with van der Waals surface area (Å²) in [7, 11) is 0. The molecule has 7 heteroatoms. The van der Waals surface area contributed by atoms with Crippen molar-refractivity contribution in [3.05, 3.63) is 89.2 Å². The fourth-order valence-corrected chi connectivity index (χ4v) is 3.45. The Morgan fingerprint density at radius 2 is 1.79 bits per heavy atom. The summed E-state index contributed by atoms with van der Waals surface area (Å²) in [5.41, 5.74) is 6.66. The highest BCUT2D eigenvalue weighted by atomic mass is 16.5. The van der Waals surface area contributed by atoms with Crippen molar-refractivity contribution in [1.29, 1.82) is 0 Å². The van der Waals surface area contributed by atoms with E-state index in [1.807, 2.05) is 56.3 Å². The van der Waals surface area contributed by atoms with Gasteiger partial charge in [-0.1, -0.05) is 30.3 Å². The molecule has 0 aliphatic rings. The van der Waals surface area contributed by atoms with Gasteiger partial charge in [-0.2, -0.15) is 5.10 Å². The van der Waals surface area contributed by atoms with Crippen LogP contribution in [0.3, 0.4) is 0 Å². The van der Waals surface area contributed by atoms with Crippen LogP contribution in [0.25, 0.3) is 11.0 Å². The third kappa shape index (κ3) is 5.57. The van der Waals surface area contributed by atoms with E-state index >= 15 is 0 Å². The first-order chi connectivity index (χ1) is 16.2. The Bertz CT molecular complexity index is 1270. The Morgan fingerprint density at radius 3 is 2.58 bits per heavy atom. The van der Waals surface area contributed by atoms with Gasteiger partial charge in [-0.15, -0.1) is 0 Å². The van der Waals surface area contributed by atoms with E-state index in [4.69, 9.17) is 9.47 Å². The van der Waals surface area contributed by atoms with Crippen LogP contribution in [-0.4, -0.2) is 35.3 Å². The molecule has 33 heavy (non-hydrogen) atoms. The van der Waals surface area contributed by atoms with Crippen molar-refractivity contribution >= 4 is 23.2 Å². The van der Waals surface area contributed by atoms with Crippen molar-refractivity contribution in [2.75, 3.05) is 13.2 Å². The smallest absolute Gasteiger partial charge is 0.271 e. The van der Waals surface area contributed by atoms with Crippen molar-refractivity contribution in [3.8, 4) is 11.5 Å². The van der Waals surface area contributed by atoms with Gasteiger partial charge in [0.05, 0.1) is 30.5 Å². The number of nitrogens with zero attached hydrogens (tertiary/aromatic N) is 2. The number of fused-ring (bicyclic) bond motifs is 1. The predicted octanol–water partition coefficient (Wildman–Crippen LogP) is 4.72.